The molecule has 2 nitrogen and oxygen atoms in total. The third-order valence-corrected chi connectivity index (χ3v) is 3.74. The Morgan fingerprint density at radius 1 is 1.29 bits per heavy atom. The van der Waals surface area contributed by atoms with Gasteiger partial charge in [0.1, 0.15) is 0 Å². The van der Waals surface area contributed by atoms with Crippen molar-refractivity contribution < 1.29 is 0 Å². The number of nitrogens with one attached hydrogen (secondary N) is 1. The lowest BCUT2D eigenvalue weighted by atomic mass is 10.1. The largest absolute Gasteiger partial charge is 0.313 e. The normalized spacial score (nSPS) is 24.2. The van der Waals surface area contributed by atoms with Crippen LogP contribution in [-0.4, -0.2) is 36.6 Å². The first-order chi connectivity index (χ1) is 8.25. The van der Waals surface area contributed by atoms with E-state index >= 15 is 0 Å². The Hall–Kier alpha value is -0.860. The summed E-state index contributed by atoms with van der Waals surface area (Å²) in [5.41, 5.74) is 1.45. The molecule has 0 aromatic heterocycles. The van der Waals surface area contributed by atoms with Crippen LogP contribution in [0.3, 0.4) is 0 Å². The summed E-state index contributed by atoms with van der Waals surface area (Å²) < 4.78 is 0. The van der Waals surface area contributed by atoms with Crippen molar-refractivity contribution >= 4 is 0 Å². The second-order valence-electron chi connectivity index (χ2n) is 5.22. The number of rotatable bonds is 3. The van der Waals surface area contributed by atoms with Gasteiger partial charge in [-0.2, -0.15) is 0 Å². The van der Waals surface area contributed by atoms with Crippen LogP contribution in [-0.2, 0) is 6.42 Å². The topological polar surface area (TPSA) is 15.3 Å². The van der Waals surface area contributed by atoms with E-state index in [9.17, 15) is 0 Å². The molecule has 17 heavy (non-hydrogen) atoms. The van der Waals surface area contributed by atoms with Gasteiger partial charge in [-0.15, -0.1) is 0 Å². The predicted octanol–water partition coefficient (Wildman–Crippen LogP) is 2.30. The molecule has 1 aromatic carbocycles. The lowest BCUT2D eigenvalue weighted by Gasteiger charge is -2.27. The molecule has 2 rings (SSSR count). The molecule has 2 atom stereocenters. The lowest BCUT2D eigenvalue weighted by Crippen LogP contribution is -2.37. The summed E-state index contributed by atoms with van der Waals surface area (Å²) in [5, 5.41) is 3.55. The lowest BCUT2D eigenvalue weighted by molar-refractivity contribution is 0.220. The first kappa shape index (κ1) is 12.6. The molecule has 2 unspecified atom stereocenters. The van der Waals surface area contributed by atoms with Crippen molar-refractivity contribution in [1.29, 1.82) is 0 Å². The molecule has 1 fully saturated rings. The Balaban J connectivity index is 1.89. The van der Waals surface area contributed by atoms with Crippen LogP contribution in [0.25, 0.3) is 0 Å². The van der Waals surface area contributed by atoms with Crippen molar-refractivity contribution in [3.63, 3.8) is 0 Å². The van der Waals surface area contributed by atoms with Gasteiger partial charge < -0.3 is 5.32 Å². The highest BCUT2D eigenvalue weighted by Gasteiger charge is 2.17. The highest BCUT2D eigenvalue weighted by atomic mass is 15.2. The summed E-state index contributed by atoms with van der Waals surface area (Å²) in [5.74, 6) is 0. The van der Waals surface area contributed by atoms with Gasteiger partial charge >= 0.3 is 0 Å². The van der Waals surface area contributed by atoms with Crippen molar-refractivity contribution in [3.05, 3.63) is 35.9 Å². The van der Waals surface area contributed by atoms with Crippen LogP contribution in [0.2, 0.25) is 0 Å². The highest BCUT2D eigenvalue weighted by molar-refractivity contribution is 5.15. The molecule has 1 saturated heterocycles. The molecular weight excluding hydrogens is 208 g/mol. The van der Waals surface area contributed by atoms with Gasteiger partial charge in [0.15, 0.2) is 0 Å². The maximum atomic E-state index is 3.55. The molecule has 0 bridgehead atoms. The molecule has 94 valence electrons. The molecule has 1 aromatic rings. The van der Waals surface area contributed by atoms with Gasteiger partial charge in [-0.3, -0.25) is 4.90 Å². The molecule has 0 saturated carbocycles. The van der Waals surface area contributed by atoms with Gasteiger partial charge in [-0.05, 0) is 38.8 Å². The van der Waals surface area contributed by atoms with Crippen molar-refractivity contribution in [1.82, 2.24) is 10.2 Å². The molecule has 0 amide bonds. The third-order valence-electron chi connectivity index (χ3n) is 3.74. The standard InChI is InChI=1S/C15H24N2/c1-13-8-10-17(11-9-16-13)14(2)12-15-6-4-3-5-7-15/h3-7,13-14,16H,8-12H2,1-2H3. The van der Waals surface area contributed by atoms with Crippen molar-refractivity contribution in [2.75, 3.05) is 19.6 Å². The van der Waals surface area contributed by atoms with Crippen molar-refractivity contribution in [3.8, 4) is 0 Å². The van der Waals surface area contributed by atoms with E-state index in [1.54, 1.807) is 0 Å². The summed E-state index contributed by atoms with van der Waals surface area (Å²) in [4.78, 5) is 2.61. The van der Waals surface area contributed by atoms with E-state index in [0.717, 1.165) is 13.0 Å². The Morgan fingerprint density at radius 3 is 2.82 bits per heavy atom. The first-order valence-corrected chi connectivity index (χ1v) is 6.77. The fourth-order valence-electron chi connectivity index (χ4n) is 2.55. The van der Waals surface area contributed by atoms with Crippen molar-refractivity contribution in [2.45, 2.75) is 38.8 Å². The molecule has 1 heterocycles. The number of hydrogen-bond donors (Lipinski definition) is 1. The minimum absolute atomic E-state index is 0.643. The summed E-state index contributed by atoms with van der Waals surface area (Å²) in [7, 11) is 0. The minimum Gasteiger partial charge on any atom is -0.313 e. The van der Waals surface area contributed by atoms with Crippen LogP contribution >= 0.6 is 0 Å². The molecular formula is C15H24N2. The molecule has 2 heteroatoms. The molecule has 1 N–H and O–H groups in total. The van der Waals surface area contributed by atoms with Crippen LogP contribution in [0.15, 0.2) is 30.3 Å². The van der Waals surface area contributed by atoms with E-state index in [4.69, 9.17) is 0 Å². The van der Waals surface area contributed by atoms with E-state index in [2.05, 4.69) is 54.4 Å². The van der Waals surface area contributed by atoms with Crippen LogP contribution in [0.1, 0.15) is 25.8 Å². The maximum absolute atomic E-state index is 3.55. The summed E-state index contributed by atoms with van der Waals surface area (Å²) in [6, 6.07) is 12.1. The van der Waals surface area contributed by atoms with Gasteiger partial charge in [-0.1, -0.05) is 30.3 Å². The molecule has 1 aliphatic heterocycles. The SMILES string of the molecule is CC1CCN(C(C)Cc2ccccc2)CCN1. The van der Waals surface area contributed by atoms with E-state index in [1.165, 1.54) is 25.1 Å². The molecule has 0 radical (unpaired) electrons. The van der Waals surface area contributed by atoms with E-state index in [-0.39, 0.29) is 0 Å². The number of hydrogen-bond acceptors (Lipinski definition) is 2. The summed E-state index contributed by atoms with van der Waals surface area (Å²) in [6.07, 6.45) is 2.42. The monoisotopic (exact) mass is 232 g/mol. The number of nitrogens with zero attached hydrogens (tertiary/aromatic N) is 1. The smallest absolute Gasteiger partial charge is 0.0110 e. The van der Waals surface area contributed by atoms with Crippen LogP contribution in [0, 0.1) is 0 Å². The van der Waals surface area contributed by atoms with E-state index < -0.39 is 0 Å². The quantitative estimate of drug-likeness (QED) is 0.860. The summed E-state index contributed by atoms with van der Waals surface area (Å²) >= 11 is 0. The summed E-state index contributed by atoms with van der Waals surface area (Å²) in [6.45, 7) is 8.16. The zero-order valence-electron chi connectivity index (χ0n) is 11.0. The second-order valence-corrected chi connectivity index (χ2v) is 5.22. The van der Waals surface area contributed by atoms with E-state index in [1.807, 2.05) is 0 Å². The van der Waals surface area contributed by atoms with Gasteiger partial charge in [-0.25, -0.2) is 0 Å². The van der Waals surface area contributed by atoms with Gasteiger partial charge in [0.25, 0.3) is 0 Å². The first-order valence-electron chi connectivity index (χ1n) is 6.77. The predicted molar refractivity (Wildman–Crippen MR) is 73.3 cm³/mol. The Labute approximate surface area is 105 Å². The van der Waals surface area contributed by atoms with Gasteiger partial charge in [0.05, 0.1) is 0 Å². The van der Waals surface area contributed by atoms with Crippen LogP contribution < -0.4 is 5.32 Å². The van der Waals surface area contributed by atoms with E-state index in [0.29, 0.717) is 12.1 Å². The minimum atomic E-state index is 0.643. The molecule has 0 spiro atoms. The second kappa shape index (κ2) is 6.18. The third kappa shape index (κ3) is 3.83. The Morgan fingerprint density at radius 2 is 2.06 bits per heavy atom. The van der Waals surface area contributed by atoms with Crippen LogP contribution in [0.5, 0.6) is 0 Å². The Kier molecular flexibility index (Phi) is 4.57. The van der Waals surface area contributed by atoms with Gasteiger partial charge in [0, 0.05) is 25.2 Å². The van der Waals surface area contributed by atoms with Gasteiger partial charge in [0.2, 0.25) is 0 Å². The zero-order chi connectivity index (χ0) is 12.1. The average Bonchev–Trinajstić information content (AvgIpc) is 2.55. The molecule has 1 aliphatic rings. The zero-order valence-corrected chi connectivity index (χ0v) is 11.0. The fraction of sp³-hybridized carbons (Fsp3) is 0.600. The Bertz CT molecular complexity index is 323. The highest BCUT2D eigenvalue weighted by Crippen LogP contribution is 2.11. The van der Waals surface area contributed by atoms with Crippen molar-refractivity contribution in [2.24, 2.45) is 0 Å². The average molecular weight is 232 g/mol. The fourth-order valence-corrected chi connectivity index (χ4v) is 2.55. The maximum Gasteiger partial charge on any atom is 0.0110 e. The molecule has 0 aliphatic carbocycles. The number of benzene rings is 1. The van der Waals surface area contributed by atoms with Crippen LogP contribution in [0.4, 0.5) is 0 Å².